The Morgan fingerprint density at radius 1 is 1.00 bits per heavy atom. The maximum absolute atomic E-state index is 13.0. The van der Waals surface area contributed by atoms with E-state index in [1.807, 2.05) is 0 Å². The number of piperazine rings is 1. The second-order valence-corrected chi connectivity index (χ2v) is 10.4. The molecular formula is C17H24N4O5S. The molecule has 5 fully saturated rings. The van der Waals surface area contributed by atoms with Gasteiger partial charge in [0.25, 0.3) is 0 Å². The van der Waals surface area contributed by atoms with E-state index in [4.69, 9.17) is 0 Å². The van der Waals surface area contributed by atoms with Crippen molar-refractivity contribution in [1.29, 1.82) is 0 Å². The van der Waals surface area contributed by atoms with Crippen molar-refractivity contribution in [1.82, 2.24) is 19.8 Å². The van der Waals surface area contributed by atoms with Crippen LogP contribution in [0.15, 0.2) is 0 Å². The summed E-state index contributed by atoms with van der Waals surface area (Å²) in [5.41, 5.74) is 0. The van der Waals surface area contributed by atoms with Crippen LogP contribution in [0.4, 0.5) is 0 Å². The average molecular weight is 396 g/mol. The Hall–Kier alpha value is -1.68. The number of nitrogens with one attached hydrogen (secondary N) is 2. The zero-order valence-corrected chi connectivity index (χ0v) is 15.8. The molecule has 4 aliphatic heterocycles. The largest absolute Gasteiger partial charge is 0.344 e. The number of hydrogen-bond acceptors (Lipinski definition) is 5. The van der Waals surface area contributed by atoms with Crippen LogP contribution in [0.5, 0.6) is 0 Å². The van der Waals surface area contributed by atoms with Gasteiger partial charge in [-0.2, -0.15) is 0 Å². The molecule has 27 heavy (non-hydrogen) atoms. The van der Waals surface area contributed by atoms with Crippen LogP contribution >= 0.6 is 0 Å². The molecule has 0 spiro atoms. The van der Waals surface area contributed by atoms with Gasteiger partial charge in [0, 0.05) is 25.6 Å². The highest BCUT2D eigenvalue weighted by molar-refractivity contribution is 7.90. The Morgan fingerprint density at radius 3 is 2.26 bits per heavy atom. The number of nitrogens with zero attached hydrogens (tertiary/aromatic N) is 2. The number of carbonyl (C=O) groups is 3. The fourth-order valence-electron chi connectivity index (χ4n) is 5.45. The Balaban J connectivity index is 1.26. The lowest BCUT2D eigenvalue weighted by Crippen LogP contribution is -2.58. The molecule has 2 bridgehead atoms. The fraction of sp³-hybridized carbons (Fsp3) is 0.824. The predicted molar refractivity (Wildman–Crippen MR) is 93.7 cm³/mol. The van der Waals surface area contributed by atoms with Crippen LogP contribution in [0.2, 0.25) is 0 Å². The van der Waals surface area contributed by atoms with Crippen molar-refractivity contribution in [3.8, 4) is 0 Å². The van der Waals surface area contributed by atoms with E-state index in [-0.39, 0.29) is 41.6 Å². The third kappa shape index (κ3) is 2.52. The summed E-state index contributed by atoms with van der Waals surface area (Å²) in [5, 5.41) is 1.84. The van der Waals surface area contributed by atoms with Gasteiger partial charge in [0.1, 0.15) is 6.04 Å². The van der Waals surface area contributed by atoms with Crippen LogP contribution in [0.3, 0.4) is 0 Å². The standard InChI is InChI=1S/C17H24N4O5S/c22-15-12-4-3-11(12)14(19-15)17(24)21-8-9-6-10(21)7-20(9)16(23)13-2-1-5-18-27(13,25)26/h9-14,18H,1-8H2,(H,19,22)/t9-,10-,11+,12-,13?,14+/m0/s1. The third-order valence-electron chi connectivity index (χ3n) is 7.06. The number of likely N-dealkylation sites (tertiary alicyclic amines) is 2. The second-order valence-electron chi connectivity index (χ2n) is 8.43. The number of rotatable bonds is 2. The first-order chi connectivity index (χ1) is 12.9. The molecule has 5 aliphatic rings. The lowest BCUT2D eigenvalue weighted by atomic mass is 9.72. The van der Waals surface area contributed by atoms with E-state index < -0.39 is 21.3 Å². The van der Waals surface area contributed by atoms with Gasteiger partial charge in [-0.1, -0.05) is 0 Å². The van der Waals surface area contributed by atoms with Gasteiger partial charge in [-0.15, -0.1) is 0 Å². The number of hydrogen-bond donors (Lipinski definition) is 2. The fourth-order valence-corrected chi connectivity index (χ4v) is 6.95. The van der Waals surface area contributed by atoms with Gasteiger partial charge < -0.3 is 15.1 Å². The maximum atomic E-state index is 13.0. The van der Waals surface area contributed by atoms with Gasteiger partial charge in [-0.3, -0.25) is 14.4 Å². The van der Waals surface area contributed by atoms with E-state index in [2.05, 4.69) is 10.0 Å². The highest BCUT2D eigenvalue weighted by atomic mass is 32.2. The van der Waals surface area contributed by atoms with Crippen molar-refractivity contribution in [3.05, 3.63) is 0 Å². The van der Waals surface area contributed by atoms with E-state index in [9.17, 15) is 22.8 Å². The van der Waals surface area contributed by atoms with Crippen molar-refractivity contribution in [2.24, 2.45) is 11.8 Å². The summed E-state index contributed by atoms with van der Waals surface area (Å²) in [7, 11) is -3.60. The predicted octanol–water partition coefficient (Wildman–Crippen LogP) is -1.60. The summed E-state index contributed by atoms with van der Waals surface area (Å²) in [6, 6.07) is -0.637. The molecule has 0 radical (unpaired) electrons. The van der Waals surface area contributed by atoms with Crippen molar-refractivity contribution in [2.75, 3.05) is 19.6 Å². The van der Waals surface area contributed by atoms with Crippen molar-refractivity contribution >= 4 is 27.7 Å². The van der Waals surface area contributed by atoms with E-state index in [0.29, 0.717) is 38.9 Å². The maximum Gasteiger partial charge on any atom is 0.245 e. The van der Waals surface area contributed by atoms with Crippen molar-refractivity contribution < 1.29 is 22.8 Å². The normalized spacial score (nSPS) is 41.9. The smallest absolute Gasteiger partial charge is 0.245 e. The highest BCUT2D eigenvalue weighted by Crippen LogP contribution is 2.43. The Kier molecular flexibility index (Phi) is 3.81. The van der Waals surface area contributed by atoms with Crippen molar-refractivity contribution in [2.45, 2.75) is 55.5 Å². The Morgan fingerprint density at radius 2 is 1.70 bits per heavy atom. The summed E-state index contributed by atoms with van der Waals surface area (Å²) in [6.45, 7) is 1.20. The van der Waals surface area contributed by atoms with Gasteiger partial charge in [0.2, 0.25) is 27.7 Å². The minimum atomic E-state index is -3.60. The molecule has 0 aromatic carbocycles. The molecule has 1 unspecified atom stereocenters. The summed E-state index contributed by atoms with van der Waals surface area (Å²) in [4.78, 5) is 41.1. The Labute approximate surface area is 157 Å². The van der Waals surface area contributed by atoms with Gasteiger partial charge in [0.15, 0.2) is 5.25 Å². The molecule has 4 heterocycles. The van der Waals surface area contributed by atoms with Crippen LogP contribution in [0.25, 0.3) is 0 Å². The topological polar surface area (TPSA) is 116 Å². The van der Waals surface area contributed by atoms with E-state index in [1.54, 1.807) is 9.80 Å². The molecule has 5 rings (SSSR count). The molecule has 0 aromatic rings. The lowest BCUT2D eigenvalue weighted by molar-refractivity contribution is -0.142. The van der Waals surface area contributed by atoms with E-state index >= 15 is 0 Å². The van der Waals surface area contributed by atoms with Gasteiger partial charge in [0.05, 0.1) is 12.1 Å². The molecule has 10 heteroatoms. The first-order valence-electron chi connectivity index (χ1n) is 9.76. The first kappa shape index (κ1) is 17.4. The van der Waals surface area contributed by atoms with Crippen LogP contribution in [0, 0.1) is 11.8 Å². The van der Waals surface area contributed by atoms with Gasteiger partial charge in [-0.05, 0) is 38.0 Å². The molecule has 1 saturated carbocycles. The molecule has 4 saturated heterocycles. The minimum absolute atomic E-state index is 0.0131. The monoisotopic (exact) mass is 396 g/mol. The van der Waals surface area contributed by atoms with Crippen LogP contribution < -0.4 is 10.0 Å². The first-order valence-corrected chi connectivity index (χ1v) is 11.3. The SMILES string of the molecule is O=C1N[C@@H](C(=O)N2C[C@@H]3C[C@H]2CN3C(=O)C2CCCNS2(=O)=O)[C@@H]2CC[C@H]12. The highest BCUT2D eigenvalue weighted by Gasteiger charge is 2.55. The minimum Gasteiger partial charge on any atom is -0.344 e. The van der Waals surface area contributed by atoms with Crippen LogP contribution in [-0.2, 0) is 24.4 Å². The molecule has 6 atom stereocenters. The molecule has 1 aliphatic carbocycles. The summed E-state index contributed by atoms with van der Waals surface area (Å²) >= 11 is 0. The van der Waals surface area contributed by atoms with Gasteiger partial charge in [-0.25, -0.2) is 13.1 Å². The molecule has 2 N–H and O–H groups in total. The van der Waals surface area contributed by atoms with Crippen LogP contribution in [-0.4, -0.2) is 78.9 Å². The van der Waals surface area contributed by atoms with Crippen molar-refractivity contribution in [3.63, 3.8) is 0 Å². The number of amides is 3. The third-order valence-corrected chi connectivity index (χ3v) is 8.85. The second kappa shape index (κ2) is 5.91. The molecule has 0 aromatic heterocycles. The molecule has 9 nitrogen and oxygen atoms in total. The quantitative estimate of drug-likeness (QED) is 0.584. The molecule has 148 valence electrons. The lowest BCUT2D eigenvalue weighted by Gasteiger charge is -2.39. The zero-order valence-electron chi connectivity index (χ0n) is 15.0. The summed E-state index contributed by atoms with van der Waals surface area (Å²) in [6.07, 6.45) is 3.46. The van der Waals surface area contributed by atoms with Gasteiger partial charge >= 0.3 is 0 Å². The zero-order chi connectivity index (χ0) is 18.9. The number of fused-ring (bicyclic) bond motifs is 3. The summed E-state index contributed by atoms with van der Waals surface area (Å²) < 4.78 is 26.8. The summed E-state index contributed by atoms with van der Waals surface area (Å²) in [5.74, 6) is -0.293. The molecule has 3 amide bonds. The van der Waals surface area contributed by atoms with E-state index in [1.165, 1.54) is 0 Å². The molecular weight excluding hydrogens is 372 g/mol. The number of carbonyl (C=O) groups excluding carboxylic acids is 3. The average Bonchev–Trinajstić information content (AvgIpc) is 3.24. The van der Waals surface area contributed by atoms with Crippen LogP contribution in [0.1, 0.15) is 32.1 Å². The van der Waals surface area contributed by atoms with E-state index in [0.717, 1.165) is 12.8 Å². The Bertz CT molecular complexity index is 814. The number of sulfonamides is 1.